The molecule has 8 heteroatoms. The number of aryl methyl sites for hydroxylation is 1. The average molecular weight is 447 g/mol. The number of fused-ring (bicyclic) bond motifs is 1. The number of amides is 1. The number of thiophene rings is 1. The zero-order valence-electron chi connectivity index (χ0n) is 16.4. The number of aromatic nitrogens is 2. The molecule has 31 heavy (non-hydrogen) atoms. The minimum Gasteiger partial charge on any atom is -0.325 e. The zero-order valence-corrected chi connectivity index (χ0v) is 18.1. The number of hydrogen-bond acceptors (Lipinski definition) is 6. The summed E-state index contributed by atoms with van der Waals surface area (Å²) in [5.41, 5.74) is 1.67. The number of nitrogens with one attached hydrogen (secondary N) is 1. The molecule has 0 unspecified atom stereocenters. The highest BCUT2D eigenvalue weighted by atomic mass is 32.2. The highest BCUT2D eigenvalue weighted by Crippen LogP contribution is 2.20. The molecule has 0 spiro atoms. The van der Waals surface area contributed by atoms with E-state index in [9.17, 15) is 9.59 Å². The van der Waals surface area contributed by atoms with Crippen molar-refractivity contribution >= 4 is 45.6 Å². The maximum absolute atomic E-state index is 13.1. The van der Waals surface area contributed by atoms with Crippen LogP contribution in [-0.4, -0.2) is 21.2 Å². The molecular weight excluding hydrogens is 428 g/mol. The third-order valence-electron chi connectivity index (χ3n) is 4.62. The minimum atomic E-state index is -0.207. The van der Waals surface area contributed by atoms with Gasteiger partial charge in [-0.1, -0.05) is 30.0 Å². The van der Waals surface area contributed by atoms with E-state index in [2.05, 4.69) is 10.3 Å². The standard InChI is InChI=1S/C23H18N4O2S2/c24-14-16-7-9-17(10-8-16)25-21(28)15-31-23-26-20-6-2-1-5-19(20)22(29)27(23)12-11-18-4-3-13-30-18/h1-10,13H,11-12,15H2,(H,25,28). The second-order valence-electron chi connectivity index (χ2n) is 6.72. The van der Waals surface area contributed by atoms with E-state index >= 15 is 0 Å². The van der Waals surface area contributed by atoms with Gasteiger partial charge in [0.2, 0.25) is 5.91 Å². The first-order valence-electron chi connectivity index (χ1n) is 9.59. The summed E-state index contributed by atoms with van der Waals surface area (Å²) in [6.45, 7) is 0.497. The Morgan fingerprint density at radius 1 is 1.13 bits per heavy atom. The Hall–Kier alpha value is -3.41. The van der Waals surface area contributed by atoms with E-state index < -0.39 is 0 Å². The van der Waals surface area contributed by atoms with Crippen LogP contribution in [0.3, 0.4) is 0 Å². The molecule has 0 saturated carbocycles. The van der Waals surface area contributed by atoms with Crippen LogP contribution in [0.15, 0.2) is 76.0 Å². The van der Waals surface area contributed by atoms with E-state index in [4.69, 9.17) is 5.26 Å². The molecule has 0 radical (unpaired) electrons. The van der Waals surface area contributed by atoms with Crippen LogP contribution in [0.4, 0.5) is 5.69 Å². The molecule has 0 bridgehead atoms. The Labute approximate surface area is 187 Å². The second kappa shape index (κ2) is 9.60. The Kier molecular flexibility index (Phi) is 6.46. The molecule has 1 N–H and O–H groups in total. The van der Waals surface area contributed by atoms with Gasteiger partial charge in [0.05, 0.1) is 28.3 Å². The molecule has 4 rings (SSSR count). The fourth-order valence-corrected chi connectivity index (χ4v) is 4.61. The molecule has 2 aromatic heterocycles. The fourth-order valence-electron chi connectivity index (χ4n) is 3.09. The number of carbonyl (C=O) groups is 1. The van der Waals surface area contributed by atoms with Crippen molar-refractivity contribution in [2.24, 2.45) is 0 Å². The first-order chi connectivity index (χ1) is 15.1. The van der Waals surface area contributed by atoms with Gasteiger partial charge in [-0.25, -0.2) is 4.98 Å². The van der Waals surface area contributed by atoms with E-state index in [1.54, 1.807) is 52.3 Å². The van der Waals surface area contributed by atoms with Gasteiger partial charge in [-0.2, -0.15) is 5.26 Å². The quantitative estimate of drug-likeness (QED) is 0.338. The molecule has 2 aromatic carbocycles. The van der Waals surface area contributed by atoms with Crippen LogP contribution in [-0.2, 0) is 17.8 Å². The van der Waals surface area contributed by atoms with Crippen LogP contribution >= 0.6 is 23.1 Å². The summed E-state index contributed by atoms with van der Waals surface area (Å²) in [5.74, 6) is -0.0917. The molecule has 0 aliphatic carbocycles. The maximum atomic E-state index is 13.1. The highest BCUT2D eigenvalue weighted by Gasteiger charge is 2.14. The van der Waals surface area contributed by atoms with E-state index in [0.29, 0.717) is 33.9 Å². The summed E-state index contributed by atoms with van der Waals surface area (Å²) in [7, 11) is 0. The molecule has 0 saturated heterocycles. The van der Waals surface area contributed by atoms with E-state index in [1.165, 1.54) is 16.6 Å². The van der Waals surface area contributed by atoms with Crippen molar-refractivity contribution in [3.63, 3.8) is 0 Å². The maximum Gasteiger partial charge on any atom is 0.262 e. The lowest BCUT2D eigenvalue weighted by atomic mass is 10.2. The van der Waals surface area contributed by atoms with Crippen LogP contribution in [0, 0.1) is 11.3 Å². The van der Waals surface area contributed by atoms with E-state index in [0.717, 1.165) is 6.42 Å². The molecule has 4 aromatic rings. The molecule has 1 amide bonds. The summed E-state index contributed by atoms with van der Waals surface area (Å²) < 4.78 is 1.65. The molecule has 6 nitrogen and oxygen atoms in total. The van der Waals surface area contributed by atoms with Crippen molar-refractivity contribution in [1.82, 2.24) is 9.55 Å². The number of carbonyl (C=O) groups excluding carboxylic acids is 1. The van der Waals surface area contributed by atoms with Crippen molar-refractivity contribution in [1.29, 1.82) is 5.26 Å². The summed E-state index contributed by atoms with van der Waals surface area (Å²) >= 11 is 2.89. The minimum absolute atomic E-state index is 0.0999. The number of thioether (sulfide) groups is 1. The summed E-state index contributed by atoms with van der Waals surface area (Å²) in [5, 5.41) is 14.8. The lowest BCUT2D eigenvalue weighted by Gasteiger charge is -2.13. The van der Waals surface area contributed by atoms with Gasteiger partial charge in [0.15, 0.2) is 5.16 Å². The number of para-hydroxylation sites is 1. The van der Waals surface area contributed by atoms with Gasteiger partial charge in [-0.3, -0.25) is 14.2 Å². The Morgan fingerprint density at radius 2 is 1.94 bits per heavy atom. The molecule has 154 valence electrons. The van der Waals surface area contributed by atoms with Gasteiger partial charge in [-0.05, 0) is 54.3 Å². The number of rotatable bonds is 7. The van der Waals surface area contributed by atoms with Crippen molar-refractivity contribution < 1.29 is 4.79 Å². The number of hydrogen-bond donors (Lipinski definition) is 1. The smallest absolute Gasteiger partial charge is 0.262 e. The number of benzene rings is 2. The normalized spacial score (nSPS) is 10.7. The monoisotopic (exact) mass is 446 g/mol. The Morgan fingerprint density at radius 3 is 2.68 bits per heavy atom. The van der Waals surface area contributed by atoms with Crippen LogP contribution in [0.5, 0.6) is 0 Å². The van der Waals surface area contributed by atoms with Crippen LogP contribution < -0.4 is 10.9 Å². The molecule has 0 fully saturated rings. The Bertz CT molecular complexity index is 1310. The van der Waals surface area contributed by atoms with Crippen LogP contribution in [0.2, 0.25) is 0 Å². The molecular formula is C23H18N4O2S2. The molecule has 0 atom stereocenters. The number of nitriles is 1. The van der Waals surface area contributed by atoms with Gasteiger partial charge < -0.3 is 5.32 Å². The third-order valence-corrected chi connectivity index (χ3v) is 6.53. The first kappa shape index (κ1) is 20.8. The predicted molar refractivity (Wildman–Crippen MR) is 125 cm³/mol. The average Bonchev–Trinajstić information content (AvgIpc) is 3.31. The lowest BCUT2D eigenvalue weighted by molar-refractivity contribution is -0.113. The summed E-state index contributed by atoms with van der Waals surface area (Å²) in [6, 6.07) is 20.0. The van der Waals surface area contributed by atoms with Crippen molar-refractivity contribution in [2.75, 3.05) is 11.1 Å². The molecule has 0 aliphatic rings. The summed E-state index contributed by atoms with van der Waals surface area (Å²) in [6.07, 6.45) is 0.725. The first-order valence-corrected chi connectivity index (χ1v) is 11.5. The fraction of sp³-hybridized carbons (Fsp3) is 0.130. The SMILES string of the molecule is N#Cc1ccc(NC(=O)CSc2nc3ccccc3c(=O)n2CCc2cccs2)cc1. The second-order valence-corrected chi connectivity index (χ2v) is 8.70. The number of anilines is 1. The Balaban J connectivity index is 1.53. The lowest BCUT2D eigenvalue weighted by Crippen LogP contribution is -2.25. The van der Waals surface area contributed by atoms with E-state index in [1.807, 2.05) is 35.7 Å². The number of nitrogens with zero attached hydrogens (tertiary/aromatic N) is 3. The largest absolute Gasteiger partial charge is 0.325 e. The molecule has 2 heterocycles. The van der Waals surface area contributed by atoms with Gasteiger partial charge in [0, 0.05) is 17.1 Å². The zero-order chi connectivity index (χ0) is 21.6. The van der Waals surface area contributed by atoms with Crippen LogP contribution in [0.25, 0.3) is 10.9 Å². The van der Waals surface area contributed by atoms with Crippen molar-refractivity contribution in [3.8, 4) is 6.07 Å². The van der Waals surface area contributed by atoms with Gasteiger partial charge in [0.25, 0.3) is 5.56 Å². The van der Waals surface area contributed by atoms with Crippen molar-refractivity contribution in [2.45, 2.75) is 18.1 Å². The summed E-state index contributed by atoms with van der Waals surface area (Å²) in [4.78, 5) is 31.4. The molecule has 0 aliphatic heterocycles. The van der Waals surface area contributed by atoms with Crippen molar-refractivity contribution in [3.05, 3.63) is 86.8 Å². The van der Waals surface area contributed by atoms with Gasteiger partial charge in [0.1, 0.15) is 0 Å². The van der Waals surface area contributed by atoms with E-state index in [-0.39, 0.29) is 17.2 Å². The van der Waals surface area contributed by atoms with Gasteiger partial charge >= 0.3 is 0 Å². The van der Waals surface area contributed by atoms with Crippen LogP contribution in [0.1, 0.15) is 10.4 Å². The topological polar surface area (TPSA) is 87.8 Å². The van der Waals surface area contributed by atoms with Gasteiger partial charge in [-0.15, -0.1) is 11.3 Å². The predicted octanol–water partition coefficient (Wildman–Crippen LogP) is 4.30. The highest BCUT2D eigenvalue weighted by molar-refractivity contribution is 7.99. The third kappa shape index (κ3) is 5.02.